The van der Waals surface area contributed by atoms with E-state index in [2.05, 4.69) is 6.92 Å². The van der Waals surface area contributed by atoms with Gasteiger partial charge in [-0.3, -0.25) is 0 Å². The van der Waals surface area contributed by atoms with Crippen LogP contribution in [0.15, 0.2) is 24.3 Å². The molecular formula is C17H18N4O. The van der Waals surface area contributed by atoms with E-state index in [1.165, 1.54) is 0 Å². The lowest BCUT2D eigenvalue weighted by Gasteiger charge is -2.05. The Morgan fingerprint density at radius 1 is 1.18 bits per heavy atom. The van der Waals surface area contributed by atoms with Gasteiger partial charge in [0.1, 0.15) is 11.6 Å². The van der Waals surface area contributed by atoms with Crippen LogP contribution in [0.3, 0.4) is 0 Å². The van der Waals surface area contributed by atoms with E-state index in [0.717, 1.165) is 64.6 Å². The average molecular weight is 294 g/mol. The van der Waals surface area contributed by atoms with Crippen LogP contribution in [0, 0.1) is 6.92 Å². The Morgan fingerprint density at radius 3 is 2.68 bits per heavy atom. The standard InChI is InChI=1S/C17H18N4O/c1-10-15(11-6-8-12(22-2)9-7-11)20-21-16(18)13-4-3-5-14(13)19-17(10)21/h6-9H,3-5,18H2,1-2H3. The molecular weight excluding hydrogens is 276 g/mol. The minimum atomic E-state index is 0.736. The van der Waals surface area contributed by atoms with Gasteiger partial charge in [-0.1, -0.05) is 0 Å². The first-order valence-electron chi connectivity index (χ1n) is 7.50. The molecule has 0 unspecified atom stereocenters. The van der Waals surface area contributed by atoms with Gasteiger partial charge in [-0.15, -0.1) is 0 Å². The number of methoxy groups -OCH3 is 1. The number of hydrogen-bond acceptors (Lipinski definition) is 4. The number of aromatic nitrogens is 3. The molecule has 1 aliphatic carbocycles. The highest BCUT2D eigenvalue weighted by Gasteiger charge is 2.21. The highest BCUT2D eigenvalue weighted by molar-refractivity contribution is 5.72. The minimum absolute atomic E-state index is 0.736. The number of nitrogens with zero attached hydrogens (tertiary/aromatic N) is 3. The summed E-state index contributed by atoms with van der Waals surface area (Å²) in [5, 5.41) is 4.70. The molecule has 0 spiro atoms. The second kappa shape index (κ2) is 4.73. The maximum absolute atomic E-state index is 6.32. The minimum Gasteiger partial charge on any atom is -0.497 e. The van der Waals surface area contributed by atoms with Crippen molar-refractivity contribution in [3.63, 3.8) is 0 Å². The highest BCUT2D eigenvalue weighted by atomic mass is 16.5. The fraction of sp³-hybridized carbons (Fsp3) is 0.294. The Kier molecular flexibility index (Phi) is 2.82. The number of aryl methyl sites for hydroxylation is 2. The molecule has 22 heavy (non-hydrogen) atoms. The van der Waals surface area contributed by atoms with Crippen LogP contribution < -0.4 is 10.5 Å². The Hall–Kier alpha value is -2.56. The van der Waals surface area contributed by atoms with Gasteiger partial charge in [0.05, 0.1) is 12.8 Å². The number of fused-ring (bicyclic) bond motifs is 2. The van der Waals surface area contributed by atoms with Crippen LogP contribution in [0.25, 0.3) is 16.9 Å². The lowest BCUT2D eigenvalue weighted by atomic mass is 10.1. The van der Waals surface area contributed by atoms with E-state index in [9.17, 15) is 0 Å². The van der Waals surface area contributed by atoms with Crippen molar-refractivity contribution in [3.05, 3.63) is 41.1 Å². The number of nitrogen functional groups attached to an aromatic ring is 1. The van der Waals surface area contributed by atoms with Crippen molar-refractivity contribution >= 4 is 11.5 Å². The molecule has 2 aromatic heterocycles. The smallest absolute Gasteiger partial charge is 0.161 e. The van der Waals surface area contributed by atoms with Gasteiger partial charge < -0.3 is 10.5 Å². The summed E-state index contributed by atoms with van der Waals surface area (Å²) in [7, 11) is 1.66. The molecule has 112 valence electrons. The summed E-state index contributed by atoms with van der Waals surface area (Å²) in [5.74, 6) is 1.57. The lowest BCUT2D eigenvalue weighted by Crippen LogP contribution is -2.06. The van der Waals surface area contributed by atoms with E-state index < -0.39 is 0 Å². The Morgan fingerprint density at radius 2 is 1.95 bits per heavy atom. The first-order chi connectivity index (χ1) is 10.7. The highest BCUT2D eigenvalue weighted by Crippen LogP contribution is 2.31. The molecule has 0 bridgehead atoms. The van der Waals surface area contributed by atoms with Crippen molar-refractivity contribution < 1.29 is 4.74 Å². The Balaban J connectivity index is 1.92. The van der Waals surface area contributed by atoms with E-state index >= 15 is 0 Å². The third-order valence-electron chi connectivity index (χ3n) is 4.42. The lowest BCUT2D eigenvalue weighted by molar-refractivity contribution is 0.415. The van der Waals surface area contributed by atoms with E-state index in [1.54, 1.807) is 11.6 Å². The van der Waals surface area contributed by atoms with Crippen molar-refractivity contribution in [3.8, 4) is 17.0 Å². The third-order valence-corrected chi connectivity index (χ3v) is 4.42. The second-order valence-corrected chi connectivity index (χ2v) is 5.71. The first kappa shape index (κ1) is 13.1. The number of anilines is 1. The van der Waals surface area contributed by atoms with Gasteiger partial charge in [-0.2, -0.15) is 9.61 Å². The van der Waals surface area contributed by atoms with Crippen LogP contribution in [-0.4, -0.2) is 21.7 Å². The quantitative estimate of drug-likeness (QED) is 0.789. The molecule has 0 fully saturated rings. The molecule has 1 aromatic carbocycles. The molecule has 4 rings (SSSR count). The second-order valence-electron chi connectivity index (χ2n) is 5.71. The molecule has 0 amide bonds. The summed E-state index contributed by atoms with van der Waals surface area (Å²) < 4.78 is 7.00. The molecule has 1 aliphatic rings. The molecule has 0 atom stereocenters. The van der Waals surface area contributed by atoms with Gasteiger partial charge in [0.15, 0.2) is 5.65 Å². The monoisotopic (exact) mass is 294 g/mol. The molecule has 0 saturated carbocycles. The zero-order chi connectivity index (χ0) is 15.3. The molecule has 3 aromatic rings. The molecule has 2 N–H and O–H groups in total. The van der Waals surface area contributed by atoms with Crippen LogP contribution in [-0.2, 0) is 12.8 Å². The Bertz CT molecular complexity index is 865. The van der Waals surface area contributed by atoms with Crippen molar-refractivity contribution in [1.82, 2.24) is 14.6 Å². The SMILES string of the molecule is COc1ccc(-c2nn3c(N)c4c(nc3c2C)CCC4)cc1. The fourth-order valence-corrected chi connectivity index (χ4v) is 3.19. The third kappa shape index (κ3) is 1.78. The maximum Gasteiger partial charge on any atom is 0.161 e. The maximum atomic E-state index is 6.32. The summed E-state index contributed by atoms with van der Waals surface area (Å²) in [4.78, 5) is 4.79. The van der Waals surface area contributed by atoms with E-state index in [0.29, 0.717) is 0 Å². The van der Waals surface area contributed by atoms with Gasteiger partial charge in [0, 0.05) is 22.4 Å². The van der Waals surface area contributed by atoms with Crippen molar-refractivity contribution in [2.45, 2.75) is 26.2 Å². The summed E-state index contributed by atoms with van der Waals surface area (Å²) in [6.07, 6.45) is 3.14. The number of ether oxygens (including phenoxy) is 1. The predicted octanol–water partition coefficient (Wildman–Crippen LogP) is 2.78. The molecule has 0 aliphatic heterocycles. The molecule has 5 heteroatoms. The van der Waals surface area contributed by atoms with Crippen LogP contribution in [0.4, 0.5) is 5.82 Å². The van der Waals surface area contributed by atoms with Crippen molar-refractivity contribution in [2.75, 3.05) is 12.8 Å². The van der Waals surface area contributed by atoms with Gasteiger partial charge >= 0.3 is 0 Å². The number of nitrogens with two attached hydrogens (primary N) is 1. The summed E-state index contributed by atoms with van der Waals surface area (Å²) in [5.41, 5.74) is 12.5. The van der Waals surface area contributed by atoms with Gasteiger partial charge in [0.2, 0.25) is 0 Å². The van der Waals surface area contributed by atoms with E-state index in [-0.39, 0.29) is 0 Å². The van der Waals surface area contributed by atoms with E-state index in [1.807, 2.05) is 24.3 Å². The van der Waals surface area contributed by atoms with Gasteiger partial charge in [-0.05, 0) is 50.5 Å². The summed E-state index contributed by atoms with van der Waals surface area (Å²) >= 11 is 0. The van der Waals surface area contributed by atoms with Crippen molar-refractivity contribution in [2.24, 2.45) is 0 Å². The first-order valence-corrected chi connectivity index (χ1v) is 7.50. The normalized spacial score (nSPS) is 13.5. The fourth-order valence-electron chi connectivity index (χ4n) is 3.19. The molecule has 5 nitrogen and oxygen atoms in total. The molecule has 2 heterocycles. The van der Waals surface area contributed by atoms with Crippen LogP contribution in [0.5, 0.6) is 5.75 Å². The predicted molar refractivity (Wildman–Crippen MR) is 86.1 cm³/mol. The van der Waals surface area contributed by atoms with E-state index in [4.69, 9.17) is 20.6 Å². The zero-order valence-electron chi connectivity index (χ0n) is 12.8. The van der Waals surface area contributed by atoms with Gasteiger partial charge in [0.25, 0.3) is 0 Å². The zero-order valence-corrected chi connectivity index (χ0v) is 12.8. The molecule has 0 radical (unpaired) electrons. The van der Waals surface area contributed by atoms with Crippen molar-refractivity contribution in [1.29, 1.82) is 0 Å². The summed E-state index contributed by atoms with van der Waals surface area (Å²) in [6.45, 7) is 2.05. The molecule has 0 saturated heterocycles. The Labute approximate surface area is 128 Å². The topological polar surface area (TPSA) is 65.4 Å². The number of benzene rings is 1. The van der Waals surface area contributed by atoms with Crippen LogP contribution in [0.1, 0.15) is 23.2 Å². The van der Waals surface area contributed by atoms with Gasteiger partial charge in [-0.25, -0.2) is 4.98 Å². The van der Waals surface area contributed by atoms with Crippen LogP contribution in [0.2, 0.25) is 0 Å². The number of hydrogen-bond donors (Lipinski definition) is 1. The summed E-state index contributed by atoms with van der Waals surface area (Å²) in [6, 6.07) is 7.90. The van der Waals surface area contributed by atoms with Crippen LogP contribution >= 0.6 is 0 Å². The number of rotatable bonds is 2. The average Bonchev–Trinajstić information content (AvgIpc) is 3.14. The largest absolute Gasteiger partial charge is 0.497 e.